The second-order valence-electron chi connectivity index (χ2n) is 3.24. The Bertz CT molecular complexity index is 490. The molecule has 0 radical (unpaired) electrons. The number of aliphatic carboxylic acids is 1. The topological polar surface area (TPSA) is 66.0 Å². The second-order valence-corrected chi connectivity index (χ2v) is 3.67. The van der Waals surface area contributed by atoms with Crippen LogP contribution in [0.4, 0.5) is 0 Å². The van der Waals surface area contributed by atoms with Crippen molar-refractivity contribution in [2.75, 3.05) is 0 Å². The Kier molecular flexibility index (Phi) is 4.31. The molecule has 5 heteroatoms. The molecule has 0 unspecified atom stereocenters. The van der Waals surface area contributed by atoms with E-state index in [0.717, 1.165) is 35.0 Å². The number of benzene rings is 1. The van der Waals surface area contributed by atoms with E-state index < -0.39 is 5.97 Å². The van der Waals surface area contributed by atoms with Gasteiger partial charge in [0.05, 0.1) is 5.52 Å². The molecule has 2 rings (SSSR count). The molecule has 0 saturated heterocycles. The smallest absolute Gasteiger partial charge is 0.300 e. The molecule has 0 spiro atoms. The van der Waals surface area contributed by atoms with Gasteiger partial charge in [0, 0.05) is 23.0 Å². The number of nitrogens with one attached hydrogen (secondary N) is 1. The van der Waals surface area contributed by atoms with Crippen LogP contribution in [0, 0.1) is 0 Å². The van der Waals surface area contributed by atoms with Crippen LogP contribution >= 0.6 is 11.6 Å². The van der Waals surface area contributed by atoms with Crippen molar-refractivity contribution in [1.29, 1.82) is 0 Å². The summed E-state index contributed by atoms with van der Waals surface area (Å²) in [7, 11) is 0. The van der Waals surface area contributed by atoms with Gasteiger partial charge in [-0.2, -0.15) is 5.10 Å². The van der Waals surface area contributed by atoms with Crippen LogP contribution in [0.2, 0.25) is 5.02 Å². The quantitative estimate of drug-likeness (QED) is 0.806. The first kappa shape index (κ1) is 12.5. The number of aryl methyl sites for hydroxylation is 1. The fourth-order valence-corrected chi connectivity index (χ4v) is 1.48. The molecular weight excluding hydrogens is 228 g/mol. The van der Waals surface area contributed by atoms with Gasteiger partial charge in [-0.15, -0.1) is 0 Å². The minimum atomic E-state index is -0.833. The largest absolute Gasteiger partial charge is 0.481 e. The summed E-state index contributed by atoms with van der Waals surface area (Å²) in [6, 6.07) is 5.72. The predicted molar refractivity (Wildman–Crippen MR) is 63.8 cm³/mol. The van der Waals surface area contributed by atoms with Crippen molar-refractivity contribution >= 4 is 28.5 Å². The normalized spacial score (nSPS) is 9.69. The molecule has 1 heterocycles. The molecule has 16 heavy (non-hydrogen) atoms. The van der Waals surface area contributed by atoms with Crippen LogP contribution in [-0.4, -0.2) is 21.3 Å². The number of nitrogens with zero attached hydrogens (tertiary/aromatic N) is 1. The number of aromatic amines is 1. The van der Waals surface area contributed by atoms with E-state index in [1.807, 2.05) is 18.2 Å². The molecule has 1 aromatic heterocycles. The Hall–Kier alpha value is -1.55. The first-order valence-electron chi connectivity index (χ1n) is 4.86. The van der Waals surface area contributed by atoms with Crippen LogP contribution in [0.5, 0.6) is 0 Å². The van der Waals surface area contributed by atoms with Gasteiger partial charge < -0.3 is 5.11 Å². The lowest BCUT2D eigenvalue weighted by Gasteiger charge is -1.92. The molecule has 0 fully saturated rings. The number of rotatable bonds is 1. The minimum Gasteiger partial charge on any atom is -0.481 e. The van der Waals surface area contributed by atoms with Crippen LogP contribution in [0.1, 0.15) is 19.5 Å². The Labute approximate surface area is 98.2 Å². The van der Waals surface area contributed by atoms with E-state index in [2.05, 4.69) is 17.1 Å². The van der Waals surface area contributed by atoms with Crippen molar-refractivity contribution in [3.8, 4) is 0 Å². The van der Waals surface area contributed by atoms with E-state index in [9.17, 15) is 0 Å². The molecule has 1 aromatic carbocycles. The maximum atomic E-state index is 9.00. The van der Waals surface area contributed by atoms with Gasteiger partial charge in [-0.1, -0.05) is 18.5 Å². The van der Waals surface area contributed by atoms with Crippen molar-refractivity contribution in [2.45, 2.75) is 20.3 Å². The Morgan fingerprint density at radius 1 is 1.56 bits per heavy atom. The fraction of sp³-hybridized carbons (Fsp3) is 0.273. The highest BCUT2D eigenvalue weighted by Gasteiger charge is 2.02. The van der Waals surface area contributed by atoms with Crippen molar-refractivity contribution in [3.05, 3.63) is 28.9 Å². The first-order valence-corrected chi connectivity index (χ1v) is 5.24. The molecule has 0 atom stereocenters. The zero-order valence-corrected chi connectivity index (χ0v) is 9.88. The van der Waals surface area contributed by atoms with Gasteiger partial charge in [0.2, 0.25) is 0 Å². The van der Waals surface area contributed by atoms with Gasteiger partial charge in [-0.05, 0) is 24.6 Å². The molecule has 0 saturated carbocycles. The maximum absolute atomic E-state index is 9.00. The van der Waals surface area contributed by atoms with E-state index in [4.69, 9.17) is 21.5 Å². The Balaban J connectivity index is 0.000000280. The summed E-state index contributed by atoms with van der Waals surface area (Å²) < 4.78 is 0. The SMILES string of the molecule is CC(=O)O.CCc1[nH]nc2ccc(Cl)cc12. The van der Waals surface area contributed by atoms with E-state index in [0.29, 0.717) is 0 Å². The summed E-state index contributed by atoms with van der Waals surface area (Å²) in [4.78, 5) is 9.00. The number of carbonyl (C=O) groups is 1. The molecule has 0 aliphatic rings. The molecule has 0 amide bonds. The zero-order valence-electron chi connectivity index (χ0n) is 9.12. The number of fused-ring (bicyclic) bond motifs is 1. The third kappa shape index (κ3) is 3.24. The van der Waals surface area contributed by atoms with Crippen LogP contribution in [0.15, 0.2) is 18.2 Å². The summed E-state index contributed by atoms with van der Waals surface area (Å²) in [5.41, 5.74) is 2.13. The van der Waals surface area contributed by atoms with E-state index in [1.165, 1.54) is 0 Å². The average molecular weight is 241 g/mol. The van der Waals surface area contributed by atoms with Gasteiger partial charge in [0.1, 0.15) is 0 Å². The highest BCUT2D eigenvalue weighted by Crippen LogP contribution is 2.20. The molecule has 0 aliphatic heterocycles. The third-order valence-corrected chi connectivity index (χ3v) is 2.18. The molecule has 2 aromatic rings. The summed E-state index contributed by atoms with van der Waals surface area (Å²) in [5.74, 6) is -0.833. The fourth-order valence-electron chi connectivity index (χ4n) is 1.30. The van der Waals surface area contributed by atoms with Gasteiger partial charge in [0.25, 0.3) is 5.97 Å². The molecule has 86 valence electrons. The summed E-state index contributed by atoms with van der Waals surface area (Å²) in [6.07, 6.45) is 0.955. The number of hydrogen-bond donors (Lipinski definition) is 2. The standard InChI is InChI=1S/C9H9ClN2.C2H4O2/c1-2-8-7-5-6(10)3-4-9(7)12-11-8;1-2(3)4/h3-5H,2H2,1H3,(H,11,12);1H3,(H,3,4). The number of halogens is 1. The zero-order chi connectivity index (χ0) is 12.1. The summed E-state index contributed by atoms with van der Waals surface area (Å²) in [6.45, 7) is 3.17. The van der Waals surface area contributed by atoms with E-state index in [-0.39, 0.29) is 0 Å². The van der Waals surface area contributed by atoms with Crippen LogP contribution in [-0.2, 0) is 11.2 Å². The molecule has 0 aliphatic carbocycles. The highest BCUT2D eigenvalue weighted by molar-refractivity contribution is 6.31. The van der Waals surface area contributed by atoms with Crippen molar-refractivity contribution in [1.82, 2.24) is 10.2 Å². The molecule has 4 nitrogen and oxygen atoms in total. The first-order chi connectivity index (χ1) is 7.54. The number of carboxylic acid groups (broad SMARTS) is 1. The minimum absolute atomic E-state index is 0.763. The second kappa shape index (κ2) is 5.51. The van der Waals surface area contributed by atoms with Gasteiger partial charge >= 0.3 is 0 Å². The molecule has 0 bridgehead atoms. The highest BCUT2D eigenvalue weighted by atomic mass is 35.5. The molecule has 2 N–H and O–H groups in total. The van der Waals surface area contributed by atoms with Gasteiger partial charge in [-0.25, -0.2) is 0 Å². The number of carboxylic acids is 1. The Morgan fingerprint density at radius 2 is 2.19 bits per heavy atom. The predicted octanol–water partition coefficient (Wildman–Crippen LogP) is 2.87. The van der Waals surface area contributed by atoms with Crippen LogP contribution in [0.3, 0.4) is 0 Å². The van der Waals surface area contributed by atoms with Crippen LogP contribution in [0.25, 0.3) is 10.9 Å². The number of aromatic nitrogens is 2. The van der Waals surface area contributed by atoms with Crippen molar-refractivity contribution in [2.24, 2.45) is 0 Å². The number of H-pyrrole nitrogens is 1. The number of hydrogen-bond acceptors (Lipinski definition) is 2. The van der Waals surface area contributed by atoms with E-state index >= 15 is 0 Å². The Morgan fingerprint density at radius 3 is 2.75 bits per heavy atom. The summed E-state index contributed by atoms with van der Waals surface area (Å²) >= 11 is 5.86. The van der Waals surface area contributed by atoms with Gasteiger partial charge in [0.15, 0.2) is 0 Å². The third-order valence-electron chi connectivity index (χ3n) is 1.95. The average Bonchev–Trinajstić information content (AvgIpc) is 2.59. The van der Waals surface area contributed by atoms with E-state index in [1.54, 1.807) is 0 Å². The molecular formula is C11H13ClN2O2. The van der Waals surface area contributed by atoms with Crippen LogP contribution < -0.4 is 0 Å². The lowest BCUT2D eigenvalue weighted by atomic mass is 10.2. The lowest BCUT2D eigenvalue weighted by molar-refractivity contribution is -0.134. The lowest BCUT2D eigenvalue weighted by Crippen LogP contribution is -1.78. The van der Waals surface area contributed by atoms with Crippen molar-refractivity contribution < 1.29 is 9.90 Å². The van der Waals surface area contributed by atoms with Gasteiger partial charge in [-0.3, -0.25) is 9.89 Å². The summed E-state index contributed by atoms with van der Waals surface area (Å²) in [5, 5.41) is 16.4. The van der Waals surface area contributed by atoms with Crippen molar-refractivity contribution in [3.63, 3.8) is 0 Å². The monoisotopic (exact) mass is 240 g/mol. The maximum Gasteiger partial charge on any atom is 0.300 e.